The van der Waals surface area contributed by atoms with E-state index in [-0.39, 0.29) is 29.8 Å². The van der Waals surface area contributed by atoms with Gasteiger partial charge in [-0.2, -0.15) is 0 Å². The molecule has 0 radical (unpaired) electrons. The number of ketones is 1. The highest BCUT2D eigenvalue weighted by Gasteiger charge is 2.34. The van der Waals surface area contributed by atoms with Crippen LogP contribution in [-0.2, 0) is 24.2 Å². The van der Waals surface area contributed by atoms with Crippen molar-refractivity contribution in [3.8, 4) is 0 Å². The average Bonchev–Trinajstić information content (AvgIpc) is 2.69. The van der Waals surface area contributed by atoms with Crippen molar-refractivity contribution in [3.63, 3.8) is 0 Å². The minimum Gasteiger partial charge on any atom is -0.481 e. The predicted octanol–water partition coefficient (Wildman–Crippen LogP) is -2.15. The molecule has 1 rings (SSSR count). The molecule has 1 aromatic carbocycles. The highest BCUT2D eigenvalue weighted by Crippen LogP contribution is 2.12. The molecule has 1 aromatic rings. The van der Waals surface area contributed by atoms with Crippen LogP contribution >= 0.6 is 0 Å². The lowest BCUT2D eigenvalue weighted by atomic mass is 10.0. The Morgan fingerprint density at radius 3 is 1.80 bits per heavy atom. The van der Waals surface area contributed by atoms with Crippen LogP contribution in [0.2, 0.25) is 0 Å². The molecule has 4 atom stereocenters. The summed E-state index contributed by atoms with van der Waals surface area (Å²) in [5.41, 5.74) is 0.318. The molecule has 0 spiro atoms. The molecule has 13 heteroatoms. The van der Waals surface area contributed by atoms with Gasteiger partial charge in [-0.15, -0.1) is 0 Å². The molecule has 0 bridgehead atoms. The summed E-state index contributed by atoms with van der Waals surface area (Å²) in [6.07, 6.45) is -7.63. The molecule has 0 unspecified atom stereocenters. The number of benzene rings is 1. The van der Waals surface area contributed by atoms with Crippen molar-refractivity contribution in [3.05, 3.63) is 29.8 Å². The summed E-state index contributed by atoms with van der Waals surface area (Å²) in [4.78, 5) is 41.9. The minimum absolute atomic E-state index is 0.0809. The van der Waals surface area contributed by atoms with Gasteiger partial charge in [0.2, 0.25) is 0 Å². The molecule has 0 saturated heterocycles. The van der Waals surface area contributed by atoms with Crippen LogP contribution in [0.5, 0.6) is 0 Å². The minimum atomic E-state index is -3.28. The fraction of sp³-hybridized carbons (Fsp3) is 0.412. The van der Waals surface area contributed by atoms with E-state index >= 15 is 0 Å². The molecule has 0 amide bonds. The van der Waals surface area contributed by atoms with Gasteiger partial charge >= 0.3 is 11.9 Å². The Morgan fingerprint density at radius 1 is 0.933 bits per heavy atom. The van der Waals surface area contributed by atoms with Crippen molar-refractivity contribution in [2.24, 2.45) is 0 Å². The number of carboxylic acid groups (broad SMARTS) is 2. The standard InChI is InChI=1S/C11H12O5S.C6H10O7/c1-17(15,16)9-4-2-8(3-5-9)10(12)6-7-11(13)14;7-1-2(8)3(9)4(10)5(11)6(12)13/h2-5H,6-7H2,1H3,(H,13,14);1-5,8-11H,(H,12,13)/t;2-,3+,4-,5-/m.0/s1. The third kappa shape index (κ3) is 9.19. The molecular formula is C17H22O12S. The summed E-state index contributed by atoms with van der Waals surface area (Å²) >= 11 is 0. The molecule has 6 N–H and O–H groups in total. The van der Waals surface area contributed by atoms with Gasteiger partial charge in [0, 0.05) is 18.2 Å². The summed E-state index contributed by atoms with van der Waals surface area (Å²) in [7, 11) is -3.28. The number of rotatable bonds is 10. The van der Waals surface area contributed by atoms with E-state index in [4.69, 9.17) is 30.6 Å². The van der Waals surface area contributed by atoms with E-state index in [1.165, 1.54) is 24.3 Å². The van der Waals surface area contributed by atoms with Gasteiger partial charge in [0.15, 0.2) is 28.0 Å². The van der Waals surface area contributed by atoms with Crippen molar-refractivity contribution in [1.82, 2.24) is 0 Å². The fourth-order valence-corrected chi connectivity index (χ4v) is 2.50. The van der Waals surface area contributed by atoms with Gasteiger partial charge in [-0.1, -0.05) is 12.1 Å². The van der Waals surface area contributed by atoms with Gasteiger partial charge in [0.1, 0.15) is 18.3 Å². The quantitative estimate of drug-likeness (QED) is 0.166. The number of carboxylic acids is 2. The third-order valence-electron chi connectivity index (χ3n) is 3.59. The number of aliphatic hydroxyl groups excluding tert-OH is 4. The summed E-state index contributed by atoms with van der Waals surface area (Å²) < 4.78 is 22.3. The molecule has 0 aliphatic carbocycles. The number of carbonyl (C=O) groups is 4. The van der Waals surface area contributed by atoms with Crippen molar-refractivity contribution in [2.45, 2.75) is 42.2 Å². The summed E-state index contributed by atoms with van der Waals surface area (Å²) in [6.45, 7) is 0. The van der Waals surface area contributed by atoms with Crippen LogP contribution in [-0.4, -0.2) is 93.7 Å². The first-order chi connectivity index (χ1) is 13.7. The highest BCUT2D eigenvalue weighted by molar-refractivity contribution is 7.90. The van der Waals surface area contributed by atoms with Gasteiger partial charge in [-0.05, 0) is 12.1 Å². The maximum absolute atomic E-state index is 11.5. The van der Waals surface area contributed by atoms with Crippen LogP contribution in [0.3, 0.4) is 0 Å². The molecule has 0 heterocycles. The van der Waals surface area contributed by atoms with Crippen LogP contribution in [0, 0.1) is 0 Å². The van der Waals surface area contributed by atoms with E-state index in [9.17, 15) is 27.6 Å². The second-order valence-electron chi connectivity index (χ2n) is 6.00. The zero-order chi connectivity index (χ0) is 23.6. The Hall–Kier alpha value is -2.71. The van der Waals surface area contributed by atoms with Gasteiger partial charge in [-0.25, -0.2) is 13.2 Å². The van der Waals surface area contributed by atoms with Crippen LogP contribution in [0.15, 0.2) is 29.2 Å². The number of sulfone groups is 1. The van der Waals surface area contributed by atoms with E-state index < -0.39 is 46.2 Å². The van der Waals surface area contributed by atoms with Crippen LogP contribution in [0.4, 0.5) is 0 Å². The Morgan fingerprint density at radius 2 is 1.43 bits per heavy atom. The third-order valence-corrected chi connectivity index (χ3v) is 4.71. The van der Waals surface area contributed by atoms with E-state index in [2.05, 4.69) is 0 Å². The fourth-order valence-electron chi connectivity index (χ4n) is 1.87. The Balaban J connectivity index is 0.000000584. The molecule has 168 valence electrons. The predicted molar refractivity (Wildman–Crippen MR) is 98.5 cm³/mol. The van der Waals surface area contributed by atoms with Crippen molar-refractivity contribution in [2.75, 3.05) is 6.26 Å². The molecule has 0 fully saturated rings. The lowest BCUT2D eigenvalue weighted by Crippen LogP contribution is -2.48. The molecule has 30 heavy (non-hydrogen) atoms. The first-order valence-electron chi connectivity index (χ1n) is 8.17. The van der Waals surface area contributed by atoms with Crippen molar-refractivity contribution in [1.29, 1.82) is 0 Å². The van der Waals surface area contributed by atoms with Gasteiger partial charge in [-0.3, -0.25) is 9.59 Å². The number of aldehydes is 1. The second-order valence-corrected chi connectivity index (χ2v) is 8.02. The number of aliphatic carboxylic acids is 2. The molecular weight excluding hydrogens is 428 g/mol. The summed E-state index contributed by atoms with van der Waals surface area (Å²) in [5, 5.41) is 51.6. The summed E-state index contributed by atoms with van der Waals surface area (Å²) in [5.74, 6) is -3.11. The number of hydrogen-bond acceptors (Lipinski definition) is 10. The zero-order valence-electron chi connectivity index (χ0n) is 15.7. The molecule has 0 aromatic heterocycles. The SMILES string of the molecule is CS(=O)(=O)c1ccc(C(=O)CCC(=O)O)cc1.O=C[C@H](O)[C@@H](O)[C@H](O)[C@H](O)C(=O)O. The van der Waals surface area contributed by atoms with Gasteiger partial charge < -0.3 is 35.4 Å². The molecule has 0 aliphatic rings. The first kappa shape index (κ1) is 27.3. The molecule has 0 saturated carbocycles. The number of Topliss-reactive ketones (excluding diaryl/α,β-unsaturated/α-hetero) is 1. The van der Waals surface area contributed by atoms with Gasteiger partial charge in [0.25, 0.3) is 0 Å². The van der Waals surface area contributed by atoms with Crippen molar-refractivity contribution >= 4 is 33.8 Å². The van der Waals surface area contributed by atoms with Crippen molar-refractivity contribution < 1.29 is 58.2 Å². The zero-order valence-corrected chi connectivity index (χ0v) is 16.5. The lowest BCUT2D eigenvalue weighted by molar-refractivity contribution is -0.163. The smallest absolute Gasteiger partial charge is 0.335 e. The van der Waals surface area contributed by atoms with Crippen LogP contribution in [0.1, 0.15) is 23.2 Å². The highest BCUT2D eigenvalue weighted by atomic mass is 32.2. The Bertz CT molecular complexity index is 846. The number of carbonyl (C=O) groups excluding carboxylic acids is 2. The van der Waals surface area contributed by atoms with E-state index in [1.54, 1.807) is 0 Å². The maximum Gasteiger partial charge on any atom is 0.335 e. The second kappa shape index (κ2) is 12.1. The topological polar surface area (TPSA) is 224 Å². The van der Waals surface area contributed by atoms with Crippen LogP contribution in [0.25, 0.3) is 0 Å². The monoisotopic (exact) mass is 450 g/mol. The molecule has 12 nitrogen and oxygen atoms in total. The summed E-state index contributed by atoms with van der Waals surface area (Å²) in [6, 6.07) is 5.45. The molecule has 0 aliphatic heterocycles. The first-order valence-corrected chi connectivity index (χ1v) is 10.1. The number of hydrogen-bond donors (Lipinski definition) is 6. The van der Waals surface area contributed by atoms with E-state index in [1.807, 2.05) is 0 Å². The Kier molecular flexibility index (Phi) is 11.0. The van der Waals surface area contributed by atoms with E-state index in [0.29, 0.717) is 5.56 Å². The van der Waals surface area contributed by atoms with Gasteiger partial charge in [0.05, 0.1) is 11.3 Å². The number of aliphatic hydroxyl groups is 4. The average molecular weight is 450 g/mol. The Labute approximate surface area is 170 Å². The van der Waals surface area contributed by atoms with Crippen LogP contribution < -0.4 is 0 Å². The lowest BCUT2D eigenvalue weighted by Gasteiger charge is -2.21. The normalized spacial score (nSPS) is 15.0. The maximum atomic E-state index is 11.5. The largest absolute Gasteiger partial charge is 0.481 e. The van der Waals surface area contributed by atoms with E-state index in [0.717, 1.165) is 6.26 Å².